The first kappa shape index (κ1) is 11.3. The third kappa shape index (κ3) is 2.38. The molecule has 0 N–H and O–H groups in total. The van der Waals surface area contributed by atoms with Crippen LogP contribution in [0, 0.1) is 5.82 Å². The van der Waals surface area contributed by atoms with Crippen molar-refractivity contribution in [3.63, 3.8) is 0 Å². The molecule has 1 aromatic rings. The van der Waals surface area contributed by atoms with E-state index in [-0.39, 0.29) is 11.5 Å². The lowest BCUT2D eigenvalue weighted by atomic mass is 10.3. The summed E-state index contributed by atoms with van der Waals surface area (Å²) in [5.74, 6) is -0.0272. The Hall–Kier alpha value is -0.770. The summed E-state index contributed by atoms with van der Waals surface area (Å²) >= 11 is 3.21. The van der Waals surface area contributed by atoms with E-state index < -0.39 is 5.82 Å². The smallest absolute Gasteiger partial charge is 0.207 e. The van der Waals surface area contributed by atoms with Crippen molar-refractivity contribution in [2.75, 3.05) is 13.2 Å². The number of ether oxygens (including phenoxy) is 2. The first-order chi connectivity index (χ1) is 6.70. The highest BCUT2D eigenvalue weighted by Gasteiger charge is 2.13. The second kappa shape index (κ2) is 5.20. The molecule has 1 aromatic carbocycles. The second-order valence-electron chi connectivity index (χ2n) is 2.55. The molecule has 0 saturated heterocycles. The zero-order valence-electron chi connectivity index (χ0n) is 8.14. The Morgan fingerprint density at radius 3 is 2.43 bits per heavy atom. The Bertz CT molecular complexity index is 315. The second-order valence-corrected chi connectivity index (χ2v) is 3.41. The minimum absolute atomic E-state index is 0.207. The number of halogens is 2. The lowest BCUT2D eigenvalue weighted by Crippen LogP contribution is -2.00. The monoisotopic (exact) mass is 262 g/mol. The topological polar surface area (TPSA) is 18.5 Å². The molecule has 0 aliphatic heterocycles. The van der Waals surface area contributed by atoms with Gasteiger partial charge in [-0.2, -0.15) is 4.39 Å². The molecule has 0 atom stereocenters. The van der Waals surface area contributed by atoms with Crippen LogP contribution in [0.25, 0.3) is 0 Å². The number of benzene rings is 1. The van der Waals surface area contributed by atoms with Crippen LogP contribution in [-0.4, -0.2) is 13.2 Å². The highest BCUT2D eigenvalue weighted by atomic mass is 79.9. The largest absolute Gasteiger partial charge is 0.491 e. The molecule has 0 aliphatic rings. The van der Waals surface area contributed by atoms with Crippen LogP contribution in [0.2, 0.25) is 0 Å². The lowest BCUT2D eigenvalue weighted by Gasteiger charge is -2.10. The highest BCUT2D eigenvalue weighted by molar-refractivity contribution is 9.10. The minimum atomic E-state index is -0.455. The molecule has 0 radical (unpaired) electrons. The molecule has 0 bridgehead atoms. The summed E-state index contributed by atoms with van der Waals surface area (Å²) in [5.41, 5.74) is 0. The third-order valence-corrected chi connectivity index (χ3v) is 2.23. The van der Waals surface area contributed by atoms with Gasteiger partial charge in [-0.1, -0.05) is 0 Å². The number of hydrogen-bond donors (Lipinski definition) is 0. The van der Waals surface area contributed by atoms with Crippen LogP contribution in [-0.2, 0) is 0 Å². The van der Waals surface area contributed by atoms with Gasteiger partial charge in [0.2, 0.25) is 5.82 Å². The maximum absolute atomic E-state index is 13.6. The fraction of sp³-hybridized carbons (Fsp3) is 0.400. The summed E-state index contributed by atoms with van der Waals surface area (Å²) in [5, 5.41) is 0. The van der Waals surface area contributed by atoms with Crippen LogP contribution in [0.5, 0.6) is 11.5 Å². The van der Waals surface area contributed by atoms with E-state index in [2.05, 4.69) is 15.9 Å². The molecule has 1 rings (SSSR count). The summed E-state index contributed by atoms with van der Waals surface area (Å²) in [6.45, 7) is 4.47. The number of hydrogen-bond acceptors (Lipinski definition) is 2. The molecule has 0 spiro atoms. The van der Waals surface area contributed by atoms with E-state index >= 15 is 0 Å². The van der Waals surface area contributed by atoms with Crippen LogP contribution in [0.3, 0.4) is 0 Å². The summed E-state index contributed by atoms with van der Waals surface area (Å²) in [7, 11) is 0. The maximum atomic E-state index is 13.6. The molecular weight excluding hydrogens is 251 g/mol. The SMILES string of the molecule is CCOc1ccc(Br)c(OCC)c1F. The predicted octanol–water partition coefficient (Wildman–Crippen LogP) is 3.39. The van der Waals surface area contributed by atoms with Crippen molar-refractivity contribution in [1.29, 1.82) is 0 Å². The van der Waals surface area contributed by atoms with Gasteiger partial charge in [-0.25, -0.2) is 0 Å². The fourth-order valence-electron chi connectivity index (χ4n) is 1.06. The van der Waals surface area contributed by atoms with Gasteiger partial charge in [-0.15, -0.1) is 0 Å². The minimum Gasteiger partial charge on any atom is -0.491 e. The van der Waals surface area contributed by atoms with Gasteiger partial charge >= 0.3 is 0 Å². The van der Waals surface area contributed by atoms with Crippen molar-refractivity contribution >= 4 is 15.9 Å². The molecule has 0 fully saturated rings. The molecule has 0 aromatic heterocycles. The summed E-state index contributed by atoms with van der Waals surface area (Å²) in [6, 6.07) is 3.28. The van der Waals surface area contributed by atoms with Gasteiger partial charge in [0.25, 0.3) is 0 Å². The number of rotatable bonds is 4. The molecule has 0 saturated carbocycles. The Morgan fingerprint density at radius 1 is 1.21 bits per heavy atom. The maximum Gasteiger partial charge on any atom is 0.207 e. The highest BCUT2D eigenvalue weighted by Crippen LogP contribution is 2.34. The molecule has 14 heavy (non-hydrogen) atoms. The molecule has 0 unspecified atom stereocenters. The van der Waals surface area contributed by atoms with E-state index in [0.717, 1.165) is 0 Å². The molecule has 4 heteroatoms. The van der Waals surface area contributed by atoms with E-state index in [1.807, 2.05) is 6.92 Å². The van der Waals surface area contributed by atoms with Crippen LogP contribution >= 0.6 is 15.9 Å². The van der Waals surface area contributed by atoms with Gasteiger partial charge in [-0.3, -0.25) is 0 Å². The van der Waals surface area contributed by atoms with Crippen molar-refractivity contribution in [3.05, 3.63) is 22.4 Å². The van der Waals surface area contributed by atoms with E-state index in [4.69, 9.17) is 9.47 Å². The van der Waals surface area contributed by atoms with E-state index in [1.165, 1.54) is 0 Å². The molecule has 0 heterocycles. The standard InChI is InChI=1S/C10H12BrFO2/c1-3-13-8-6-5-7(11)10(9(8)12)14-4-2/h5-6H,3-4H2,1-2H3. The average molecular weight is 263 g/mol. The third-order valence-electron chi connectivity index (χ3n) is 1.60. The fourth-order valence-corrected chi connectivity index (χ4v) is 1.48. The zero-order chi connectivity index (χ0) is 10.6. The predicted molar refractivity (Wildman–Crippen MR) is 56.4 cm³/mol. The first-order valence-corrected chi connectivity index (χ1v) is 5.23. The van der Waals surface area contributed by atoms with Gasteiger partial charge in [0.05, 0.1) is 17.7 Å². The van der Waals surface area contributed by atoms with Gasteiger partial charge in [0, 0.05) is 0 Å². The van der Waals surface area contributed by atoms with Crippen LogP contribution in [0.4, 0.5) is 4.39 Å². The van der Waals surface area contributed by atoms with E-state index in [0.29, 0.717) is 17.7 Å². The van der Waals surface area contributed by atoms with Gasteiger partial charge in [0.1, 0.15) is 0 Å². The average Bonchev–Trinajstić information content (AvgIpc) is 2.17. The van der Waals surface area contributed by atoms with Crippen molar-refractivity contribution in [3.8, 4) is 11.5 Å². The lowest BCUT2D eigenvalue weighted by molar-refractivity contribution is 0.290. The summed E-state index contributed by atoms with van der Waals surface area (Å²) < 4.78 is 24.5. The van der Waals surface area contributed by atoms with Crippen molar-refractivity contribution < 1.29 is 13.9 Å². The Kier molecular flexibility index (Phi) is 4.20. The van der Waals surface area contributed by atoms with Gasteiger partial charge in [0.15, 0.2) is 11.5 Å². The van der Waals surface area contributed by atoms with Crippen LogP contribution < -0.4 is 9.47 Å². The Labute approximate surface area is 91.2 Å². The summed E-state index contributed by atoms with van der Waals surface area (Å²) in [4.78, 5) is 0. The van der Waals surface area contributed by atoms with Crippen molar-refractivity contribution in [1.82, 2.24) is 0 Å². The van der Waals surface area contributed by atoms with Gasteiger partial charge in [-0.05, 0) is 41.9 Å². The van der Waals surface area contributed by atoms with Crippen molar-refractivity contribution in [2.45, 2.75) is 13.8 Å². The van der Waals surface area contributed by atoms with Crippen LogP contribution in [0.1, 0.15) is 13.8 Å². The molecular formula is C10H12BrFO2. The quantitative estimate of drug-likeness (QED) is 0.829. The first-order valence-electron chi connectivity index (χ1n) is 4.44. The van der Waals surface area contributed by atoms with Crippen molar-refractivity contribution in [2.24, 2.45) is 0 Å². The molecule has 2 nitrogen and oxygen atoms in total. The van der Waals surface area contributed by atoms with E-state index in [1.54, 1.807) is 19.1 Å². The molecule has 78 valence electrons. The Morgan fingerprint density at radius 2 is 1.86 bits per heavy atom. The van der Waals surface area contributed by atoms with Gasteiger partial charge < -0.3 is 9.47 Å². The normalized spacial score (nSPS) is 10.0. The van der Waals surface area contributed by atoms with E-state index in [9.17, 15) is 4.39 Å². The molecule has 0 aliphatic carbocycles. The summed E-state index contributed by atoms with van der Waals surface area (Å²) in [6.07, 6.45) is 0. The van der Waals surface area contributed by atoms with Crippen LogP contribution in [0.15, 0.2) is 16.6 Å². The molecule has 0 amide bonds. The zero-order valence-corrected chi connectivity index (χ0v) is 9.73. The Balaban J connectivity index is 3.05.